The predicted molar refractivity (Wildman–Crippen MR) is 199 cm³/mol. The van der Waals surface area contributed by atoms with Gasteiger partial charge in [0.05, 0.1) is 0 Å². The van der Waals surface area contributed by atoms with Gasteiger partial charge < -0.3 is 4.42 Å². The van der Waals surface area contributed by atoms with Crippen molar-refractivity contribution in [1.29, 1.82) is 0 Å². The lowest BCUT2D eigenvalue weighted by molar-refractivity contribution is 0.669. The molecule has 5 heteroatoms. The maximum absolute atomic E-state index is 6.77. The van der Waals surface area contributed by atoms with Crippen LogP contribution in [0.4, 0.5) is 0 Å². The third-order valence-corrected chi connectivity index (χ3v) is 9.40. The zero-order valence-electron chi connectivity index (χ0n) is 26.2. The van der Waals surface area contributed by atoms with Gasteiger partial charge in [0.15, 0.2) is 17.5 Å². The van der Waals surface area contributed by atoms with E-state index in [2.05, 4.69) is 72.8 Å². The Labute approximate surface area is 281 Å². The van der Waals surface area contributed by atoms with E-state index in [1.165, 1.54) is 26.9 Å². The van der Waals surface area contributed by atoms with Crippen LogP contribution in [-0.4, -0.2) is 19.9 Å². The molecule has 49 heavy (non-hydrogen) atoms. The van der Waals surface area contributed by atoms with Gasteiger partial charge in [0.1, 0.15) is 11.2 Å². The number of rotatable bonds is 4. The van der Waals surface area contributed by atoms with E-state index in [1.807, 2.05) is 85.2 Å². The molecule has 10 aromatic rings. The van der Waals surface area contributed by atoms with Crippen LogP contribution in [0.3, 0.4) is 0 Å². The molecule has 0 radical (unpaired) electrons. The van der Waals surface area contributed by atoms with Crippen LogP contribution in [0.15, 0.2) is 162 Å². The average molecular weight is 627 g/mol. The summed E-state index contributed by atoms with van der Waals surface area (Å²) in [4.78, 5) is 19.8. The van der Waals surface area contributed by atoms with Gasteiger partial charge in [0.2, 0.25) is 0 Å². The Hall–Kier alpha value is -6.72. The van der Waals surface area contributed by atoms with E-state index in [9.17, 15) is 0 Å². The standard InChI is InChI=1S/C44H26N4O/c1-3-13-28(14-4-1)42-46-43(29-15-5-2-6-16-29)48-44(47-42)34-20-11-21-39-40(34)38-26-45-25-37(41(38)49-39)36-24-35-30-17-8-7-12-27(30)22-23-33(35)31-18-9-10-19-32(31)36/h1-26H. The third kappa shape index (κ3) is 4.40. The highest BCUT2D eigenvalue weighted by atomic mass is 16.3. The van der Waals surface area contributed by atoms with Crippen molar-refractivity contribution in [3.05, 3.63) is 158 Å². The summed E-state index contributed by atoms with van der Waals surface area (Å²) in [5.74, 6) is 1.81. The topological polar surface area (TPSA) is 64.7 Å². The predicted octanol–water partition coefficient (Wildman–Crippen LogP) is 11.3. The van der Waals surface area contributed by atoms with Crippen molar-refractivity contribution in [2.75, 3.05) is 0 Å². The largest absolute Gasteiger partial charge is 0.455 e. The van der Waals surface area contributed by atoms with E-state index in [0.29, 0.717) is 17.5 Å². The van der Waals surface area contributed by atoms with Crippen LogP contribution in [0.2, 0.25) is 0 Å². The summed E-state index contributed by atoms with van der Waals surface area (Å²) in [7, 11) is 0. The average Bonchev–Trinajstić information content (AvgIpc) is 3.57. The van der Waals surface area contributed by atoms with Gasteiger partial charge in [-0.2, -0.15) is 0 Å². The van der Waals surface area contributed by atoms with E-state index in [-0.39, 0.29) is 0 Å². The molecule has 0 aliphatic rings. The fraction of sp³-hybridized carbons (Fsp3) is 0. The van der Waals surface area contributed by atoms with E-state index in [1.54, 1.807) is 0 Å². The summed E-state index contributed by atoms with van der Waals surface area (Å²) < 4.78 is 6.77. The Morgan fingerprint density at radius 2 is 1.02 bits per heavy atom. The van der Waals surface area contributed by atoms with Crippen molar-refractivity contribution in [3.63, 3.8) is 0 Å². The van der Waals surface area contributed by atoms with Crippen LogP contribution in [0.25, 0.3) is 99.5 Å². The molecule has 0 saturated heterocycles. The molecule has 0 spiro atoms. The molecule has 3 aromatic heterocycles. The highest BCUT2D eigenvalue weighted by Crippen LogP contribution is 2.43. The van der Waals surface area contributed by atoms with Crippen molar-refractivity contribution in [2.24, 2.45) is 0 Å². The van der Waals surface area contributed by atoms with Gasteiger partial charge in [-0.25, -0.2) is 15.0 Å². The van der Waals surface area contributed by atoms with Gasteiger partial charge in [-0.1, -0.05) is 133 Å². The molecule has 0 unspecified atom stereocenters. The minimum absolute atomic E-state index is 0.578. The zero-order valence-corrected chi connectivity index (χ0v) is 26.2. The van der Waals surface area contributed by atoms with E-state index < -0.39 is 0 Å². The van der Waals surface area contributed by atoms with Crippen LogP contribution >= 0.6 is 0 Å². The lowest BCUT2D eigenvalue weighted by atomic mass is 9.91. The van der Waals surface area contributed by atoms with Crippen LogP contribution in [-0.2, 0) is 0 Å². The molecule has 0 aliphatic carbocycles. The monoisotopic (exact) mass is 626 g/mol. The summed E-state index contributed by atoms with van der Waals surface area (Å²) in [5.41, 5.74) is 6.26. The Bertz CT molecular complexity index is 2820. The number of hydrogen-bond donors (Lipinski definition) is 0. The normalized spacial score (nSPS) is 11.7. The first-order valence-corrected chi connectivity index (χ1v) is 16.3. The molecule has 5 nitrogen and oxygen atoms in total. The fourth-order valence-corrected chi connectivity index (χ4v) is 7.13. The minimum Gasteiger partial charge on any atom is -0.455 e. The number of pyridine rings is 1. The lowest BCUT2D eigenvalue weighted by Gasteiger charge is -2.13. The van der Waals surface area contributed by atoms with Crippen molar-refractivity contribution < 1.29 is 4.42 Å². The second kappa shape index (κ2) is 10.9. The summed E-state index contributed by atoms with van der Waals surface area (Å²) >= 11 is 0. The first-order chi connectivity index (χ1) is 24.3. The molecule has 0 saturated carbocycles. The molecule has 0 amide bonds. The highest BCUT2D eigenvalue weighted by Gasteiger charge is 2.21. The summed E-state index contributed by atoms with van der Waals surface area (Å²) in [6.07, 6.45) is 3.82. The summed E-state index contributed by atoms with van der Waals surface area (Å²) in [5, 5.41) is 9.04. The van der Waals surface area contributed by atoms with E-state index in [0.717, 1.165) is 55.1 Å². The molecule has 0 atom stereocenters. The number of furan rings is 1. The summed E-state index contributed by atoms with van der Waals surface area (Å²) in [6, 6.07) is 50.0. The molecule has 228 valence electrons. The van der Waals surface area contributed by atoms with Crippen molar-refractivity contribution >= 4 is 54.3 Å². The Morgan fingerprint density at radius 1 is 0.388 bits per heavy atom. The number of nitrogens with zero attached hydrogens (tertiary/aromatic N) is 4. The Kier molecular flexibility index (Phi) is 6.11. The first-order valence-electron chi connectivity index (χ1n) is 16.3. The number of hydrogen-bond acceptors (Lipinski definition) is 5. The maximum atomic E-state index is 6.77. The maximum Gasteiger partial charge on any atom is 0.164 e. The first kappa shape index (κ1) is 27.4. The van der Waals surface area contributed by atoms with Gasteiger partial charge in [0, 0.05) is 45.4 Å². The van der Waals surface area contributed by atoms with Crippen LogP contribution in [0.1, 0.15) is 0 Å². The molecule has 0 fully saturated rings. The van der Waals surface area contributed by atoms with E-state index >= 15 is 0 Å². The van der Waals surface area contributed by atoms with Crippen molar-refractivity contribution in [3.8, 4) is 45.3 Å². The number of aromatic nitrogens is 4. The van der Waals surface area contributed by atoms with Gasteiger partial charge >= 0.3 is 0 Å². The Morgan fingerprint density at radius 3 is 1.78 bits per heavy atom. The molecule has 10 rings (SSSR count). The molecular formula is C44H26N4O. The SMILES string of the molecule is c1ccc(-c2nc(-c3ccccc3)nc(-c3cccc4oc5c(-c6cc7c8ccccc8ccc7c7ccccc67)cncc5c34)n2)cc1. The van der Waals surface area contributed by atoms with Gasteiger partial charge in [-0.3, -0.25) is 4.98 Å². The van der Waals surface area contributed by atoms with E-state index in [4.69, 9.17) is 24.4 Å². The van der Waals surface area contributed by atoms with Gasteiger partial charge in [0.25, 0.3) is 0 Å². The lowest BCUT2D eigenvalue weighted by Crippen LogP contribution is -2.00. The Balaban J connectivity index is 1.24. The van der Waals surface area contributed by atoms with Crippen molar-refractivity contribution in [1.82, 2.24) is 19.9 Å². The zero-order chi connectivity index (χ0) is 32.3. The molecule has 0 aliphatic heterocycles. The van der Waals surface area contributed by atoms with Crippen LogP contribution < -0.4 is 0 Å². The smallest absolute Gasteiger partial charge is 0.164 e. The molecule has 0 N–H and O–H groups in total. The number of benzene rings is 7. The van der Waals surface area contributed by atoms with Gasteiger partial charge in [-0.05, 0) is 50.0 Å². The second-order valence-corrected chi connectivity index (χ2v) is 12.2. The molecular weight excluding hydrogens is 601 g/mol. The van der Waals surface area contributed by atoms with Crippen LogP contribution in [0.5, 0.6) is 0 Å². The molecule has 0 bridgehead atoms. The third-order valence-electron chi connectivity index (χ3n) is 9.40. The molecule has 3 heterocycles. The quantitative estimate of drug-likeness (QED) is 0.182. The van der Waals surface area contributed by atoms with Crippen molar-refractivity contribution in [2.45, 2.75) is 0 Å². The highest BCUT2D eigenvalue weighted by molar-refractivity contribution is 6.23. The van der Waals surface area contributed by atoms with Gasteiger partial charge in [-0.15, -0.1) is 0 Å². The number of fused-ring (bicyclic) bond motifs is 8. The fourth-order valence-electron chi connectivity index (χ4n) is 7.13. The summed E-state index contributed by atoms with van der Waals surface area (Å²) in [6.45, 7) is 0. The second-order valence-electron chi connectivity index (χ2n) is 12.2. The minimum atomic E-state index is 0.578. The van der Waals surface area contributed by atoms with Crippen LogP contribution in [0, 0.1) is 0 Å². The molecule has 7 aromatic carbocycles.